The molecule has 0 aromatic rings. The maximum atomic E-state index is 11.9. The minimum atomic E-state index is -4.13. The highest BCUT2D eigenvalue weighted by Gasteiger charge is 2.38. The van der Waals surface area contributed by atoms with Crippen LogP contribution >= 0.6 is 0 Å². The van der Waals surface area contributed by atoms with Crippen LogP contribution in [0, 0.1) is 11.3 Å². The fraction of sp³-hybridized carbons (Fsp3) is 0.917. The summed E-state index contributed by atoms with van der Waals surface area (Å²) in [4.78, 5) is 11.8. The summed E-state index contributed by atoms with van der Waals surface area (Å²) >= 11 is 0. The Morgan fingerprint density at radius 2 is 2.00 bits per heavy atom. The molecule has 94 valence electrons. The molecule has 0 radical (unpaired) electrons. The van der Waals surface area contributed by atoms with E-state index in [1.807, 2.05) is 13.8 Å². The highest BCUT2D eigenvalue weighted by Crippen LogP contribution is 2.43. The molecule has 1 atom stereocenters. The molecule has 0 bridgehead atoms. The average Bonchev–Trinajstić information content (AvgIpc) is 2.42. The molecule has 0 aromatic carbocycles. The van der Waals surface area contributed by atoms with Crippen molar-refractivity contribution in [2.24, 2.45) is 11.3 Å². The standard InChI is InChI=1S/C12H19F3O/c1-11(2)7-3-5-9(11)10(16)6-4-8-12(13,14)15/h9H,3-8H2,1-2H3. The molecule has 1 aliphatic rings. The summed E-state index contributed by atoms with van der Waals surface area (Å²) in [6, 6.07) is 0. The zero-order chi connectivity index (χ0) is 12.4. The SMILES string of the molecule is CC1(C)CCCC1C(=O)CCCC(F)(F)F. The first-order valence-corrected chi connectivity index (χ1v) is 5.82. The number of ketones is 1. The van der Waals surface area contributed by atoms with Crippen LogP contribution in [0.1, 0.15) is 52.4 Å². The molecule has 0 amide bonds. The largest absolute Gasteiger partial charge is 0.389 e. The predicted octanol–water partition coefficient (Wildman–Crippen LogP) is 4.11. The number of alkyl halides is 3. The van der Waals surface area contributed by atoms with Crippen molar-refractivity contribution < 1.29 is 18.0 Å². The summed E-state index contributed by atoms with van der Waals surface area (Å²) < 4.78 is 35.8. The molecule has 16 heavy (non-hydrogen) atoms. The van der Waals surface area contributed by atoms with Crippen molar-refractivity contribution in [3.05, 3.63) is 0 Å². The van der Waals surface area contributed by atoms with E-state index in [1.54, 1.807) is 0 Å². The van der Waals surface area contributed by atoms with Crippen LogP contribution < -0.4 is 0 Å². The molecule has 1 unspecified atom stereocenters. The number of carbonyl (C=O) groups is 1. The van der Waals surface area contributed by atoms with Crippen molar-refractivity contribution >= 4 is 5.78 Å². The fourth-order valence-corrected chi connectivity index (χ4v) is 2.56. The Balaban J connectivity index is 2.36. The van der Waals surface area contributed by atoms with Gasteiger partial charge in [-0.05, 0) is 24.7 Å². The molecule has 0 aromatic heterocycles. The molecule has 4 heteroatoms. The summed E-state index contributed by atoms with van der Waals surface area (Å²) in [5.41, 5.74) is -0.0185. The van der Waals surface area contributed by atoms with Crippen LogP contribution in [-0.4, -0.2) is 12.0 Å². The first-order valence-electron chi connectivity index (χ1n) is 5.82. The van der Waals surface area contributed by atoms with E-state index in [9.17, 15) is 18.0 Å². The molecule has 0 N–H and O–H groups in total. The van der Waals surface area contributed by atoms with Gasteiger partial charge < -0.3 is 0 Å². The minimum absolute atomic E-state index is 0.0185. The van der Waals surface area contributed by atoms with Gasteiger partial charge in [-0.3, -0.25) is 4.79 Å². The highest BCUT2D eigenvalue weighted by molar-refractivity contribution is 5.82. The number of hydrogen-bond donors (Lipinski definition) is 0. The lowest BCUT2D eigenvalue weighted by atomic mass is 9.78. The fourth-order valence-electron chi connectivity index (χ4n) is 2.56. The normalized spacial score (nSPS) is 24.7. The lowest BCUT2D eigenvalue weighted by Gasteiger charge is -2.25. The molecule has 0 aliphatic heterocycles. The quantitative estimate of drug-likeness (QED) is 0.717. The van der Waals surface area contributed by atoms with Crippen LogP contribution in [0.3, 0.4) is 0 Å². The molecular formula is C12H19F3O. The minimum Gasteiger partial charge on any atom is -0.299 e. The molecule has 0 saturated heterocycles. The topological polar surface area (TPSA) is 17.1 Å². The van der Waals surface area contributed by atoms with Gasteiger partial charge in [0.2, 0.25) is 0 Å². The third-order valence-electron chi connectivity index (χ3n) is 3.53. The number of halogens is 3. The summed E-state index contributed by atoms with van der Waals surface area (Å²) in [5, 5.41) is 0. The second-order valence-corrected chi connectivity index (χ2v) is 5.37. The Bertz CT molecular complexity index is 255. The van der Waals surface area contributed by atoms with Crippen molar-refractivity contribution in [1.29, 1.82) is 0 Å². The summed E-state index contributed by atoms with van der Waals surface area (Å²) in [6.45, 7) is 4.07. The van der Waals surface area contributed by atoms with Crippen LogP contribution in [0.5, 0.6) is 0 Å². The van der Waals surface area contributed by atoms with Gasteiger partial charge in [-0.2, -0.15) is 13.2 Å². The van der Waals surface area contributed by atoms with E-state index in [2.05, 4.69) is 0 Å². The van der Waals surface area contributed by atoms with Gasteiger partial charge in [0.25, 0.3) is 0 Å². The number of hydrogen-bond acceptors (Lipinski definition) is 1. The van der Waals surface area contributed by atoms with Crippen molar-refractivity contribution in [1.82, 2.24) is 0 Å². The molecule has 0 spiro atoms. The first-order chi connectivity index (χ1) is 7.22. The molecular weight excluding hydrogens is 217 g/mol. The van der Waals surface area contributed by atoms with E-state index >= 15 is 0 Å². The Kier molecular flexibility index (Phi) is 4.02. The summed E-state index contributed by atoms with van der Waals surface area (Å²) in [5.74, 6) is -0.00696. The van der Waals surface area contributed by atoms with Crippen LogP contribution in [0.4, 0.5) is 13.2 Å². The van der Waals surface area contributed by atoms with E-state index in [-0.39, 0.29) is 30.0 Å². The third-order valence-corrected chi connectivity index (χ3v) is 3.53. The summed E-state index contributed by atoms with van der Waals surface area (Å²) in [6.07, 6.45) is -2.09. The van der Waals surface area contributed by atoms with Crippen molar-refractivity contribution in [2.75, 3.05) is 0 Å². The zero-order valence-electron chi connectivity index (χ0n) is 9.86. The molecule has 1 saturated carbocycles. The van der Waals surface area contributed by atoms with Crippen LogP contribution in [0.2, 0.25) is 0 Å². The number of rotatable bonds is 4. The maximum absolute atomic E-state index is 11.9. The number of Topliss-reactive ketones (excluding diaryl/α,β-unsaturated/α-hetero) is 1. The van der Waals surface area contributed by atoms with Crippen molar-refractivity contribution in [3.63, 3.8) is 0 Å². The van der Waals surface area contributed by atoms with Crippen LogP contribution in [-0.2, 0) is 4.79 Å². The van der Waals surface area contributed by atoms with Gasteiger partial charge in [0.05, 0.1) is 0 Å². The van der Waals surface area contributed by atoms with Gasteiger partial charge in [-0.1, -0.05) is 20.3 Å². The molecule has 0 heterocycles. The van der Waals surface area contributed by atoms with E-state index in [4.69, 9.17) is 0 Å². The van der Waals surface area contributed by atoms with E-state index < -0.39 is 12.6 Å². The second kappa shape index (κ2) is 4.76. The lowest BCUT2D eigenvalue weighted by molar-refractivity contribution is -0.138. The molecule has 1 rings (SSSR count). The Labute approximate surface area is 94.4 Å². The van der Waals surface area contributed by atoms with Gasteiger partial charge >= 0.3 is 6.18 Å². The monoisotopic (exact) mass is 236 g/mol. The van der Waals surface area contributed by atoms with Gasteiger partial charge in [0.15, 0.2) is 0 Å². The first kappa shape index (κ1) is 13.5. The van der Waals surface area contributed by atoms with Gasteiger partial charge in [-0.15, -0.1) is 0 Å². The third kappa shape index (κ3) is 3.80. The second-order valence-electron chi connectivity index (χ2n) is 5.37. The molecule has 1 nitrogen and oxygen atoms in total. The maximum Gasteiger partial charge on any atom is 0.389 e. The van der Waals surface area contributed by atoms with Gasteiger partial charge in [0, 0.05) is 18.8 Å². The predicted molar refractivity (Wildman–Crippen MR) is 56.0 cm³/mol. The molecule has 1 aliphatic carbocycles. The Morgan fingerprint density at radius 3 is 2.44 bits per heavy atom. The van der Waals surface area contributed by atoms with Crippen molar-refractivity contribution in [2.45, 2.75) is 58.5 Å². The lowest BCUT2D eigenvalue weighted by Crippen LogP contribution is -2.25. The Morgan fingerprint density at radius 1 is 1.38 bits per heavy atom. The highest BCUT2D eigenvalue weighted by atomic mass is 19.4. The van der Waals surface area contributed by atoms with Crippen LogP contribution in [0.15, 0.2) is 0 Å². The van der Waals surface area contributed by atoms with E-state index in [0.29, 0.717) is 0 Å². The van der Waals surface area contributed by atoms with Gasteiger partial charge in [0.1, 0.15) is 5.78 Å². The number of carbonyl (C=O) groups excluding carboxylic acids is 1. The van der Waals surface area contributed by atoms with E-state index in [1.165, 1.54) is 0 Å². The zero-order valence-corrected chi connectivity index (χ0v) is 9.86. The Hall–Kier alpha value is -0.540. The van der Waals surface area contributed by atoms with E-state index in [0.717, 1.165) is 19.3 Å². The molecule has 1 fully saturated rings. The summed E-state index contributed by atoms with van der Waals surface area (Å²) in [7, 11) is 0. The van der Waals surface area contributed by atoms with Crippen molar-refractivity contribution in [3.8, 4) is 0 Å². The average molecular weight is 236 g/mol. The smallest absolute Gasteiger partial charge is 0.299 e. The van der Waals surface area contributed by atoms with Gasteiger partial charge in [-0.25, -0.2) is 0 Å². The van der Waals surface area contributed by atoms with Crippen LogP contribution in [0.25, 0.3) is 0 Å².